The second-order valence-corrected chi connectivity index (χ2v) is 44.8. The number of nitrogen functional groups attached to an aromatic ring is 2. The minimum atomic E-state index is -5.57. The molecule has 2 fully saturated rings. The number of phosphoric acid groups is 6. The van der Waals surface area contributed by atoms with Gasteiger partial charge in [0.05, 0.1) is 39.1 Å². The number of aliphatic hydroxyl groups is 4. The molecule has 0 bridgehead atoms. The van der Waals surface area contributed by atoms with Gasteiger partial charge in [-0.15, -0.1) is 0 Å². The molecule has 0 radical (unpaired) electrons. The maximum atomic E-state index is 12.7. The molecule has 4 aromatic rings. The molecule has 4 amide bonds. The number of phosphoric ester groups is 6. The summed E-state index contributed by atoms with van der Waals surface area (Å²) in [5, 5.41) is 53.3. The Labute approximate surface area is 788 Å². The molecule has 20 N–H and O–H groups in total. The topological polar surface area (TPSA) is 727 Å². The van der Waals surface area contributed by atoms with E-state index in [1.807, 2.05) is 0 Å². The Morgan fingerprint density at radius 1 is 0.425 bits per heavy atom. The SMILES string of the molecule is CCCCCCCCCCCCCCCCCC(=O)SCCNC(=O)CCNC(=O)[C@H](O)C(C)(C)COP(=O)(O)OP(=O)(O)OC[C@H]1O[C@@H](n2cnc3c(N)ncnc32)[C@H](O)[C@@H]1OP(=O)(O)O.CCCCCCCCCCCCCCCCCC(=O)SCCNC(=O)CCNC(=O)[C@H](O)C(C)(C)COP(=O)(O)OP(=O)(O)OC[C@H]1O[C@@H](n2cnc3c(N)ncnc32)[C@H](O)[C@@H]1OP(=O)(O)O. The molecule has 6 heterocycles. The lowest BCUT2D eigenvalue weighted by atomic mass is 9.87. The monoisotopic (exact) mass is 2070 g/mol. The number of aliphatic hydroxyl groups excluding tert-OH is 4. The van der Waals surface area contributed by atoms with Crippen molar-refractivity contribution in [2.75, 3.05) is 75.6 Å². The number of nitrogens with two attached hydrogens (primary N) is 2. The number of imidazole rings is 2. The van der Waals surface area contributed by atoms with Gasteiger partial charge in [-0.1, -0.05) is 245 Å². The van der Waals surface area contributed by atoms with Crippen LogP contribution >= 0.6 is 70.5 Å². The first-order valence-corrected chi connectivity index (χ1v) is 56.2. The standard InChI is InChI=1S/2C39H70N7O17P3S/c2*1-4-5-6-7-8-9-10-11-12-13-14-15-16-17-18-19-30(48)67-23-22-41-29(47)20-21-42-37(51)34(50)39(2,3)25-60-66(57,58)63-65(55,56)59-24-28-33(62-64(52,53)54)32(49)38(61-28)46-27-45-31-35(40)43-26-44-36(31)46/h2*26-28,32-34,38,49-50H,4-25H2,1-3H3,(H,41,47)(H,42,51)(H,55,56)(H,57,58)(H2,40,43,44)(H2,52,53,54)/t2*28-,32-,33-,34+,38-/m11/s1. The molecular formula is C78H140N14O34P6S2. The van der Waals surface area contributed by atoms with Crippen LogP contribution in [-0.4, -0.2) is 245 Å². The molecule has 0 saturated carbocycles. The normalized spacial score (nSPS) is 20.1. The number of rotatable bonds is 70. The molecule has 56 heteroatoms. The number of thioether (sulfide) groups is 2. The third-order valence-electron chi connectivity index (χ3n) is 21.5. The van der Waals surface area contributed by atoms with Crippen molar-refractivity contribution >= 4 is 138 Å². The third-order valence-corrected chi connectivity index (χ3v) is 29.6. The number of ether oxygens (including phenoxy) is 2. The number of hydrogen-bond donors (Lipinski definition) is 18. The van der Waals surface area contributed by atoms with Crippen LogP contribution in [0.3, 0.4) is 0 Å². The zero-order valence-corrected chi connectivity index (χ0v) is 83.8. The molecule has 768 valence electrons. The van der Waals surface area contributed by atoms with E-state index in [2.05, 4.69) is 82.7 Å². The van der Waals surface area contributed by atoms with Crippen LogP contribution in [0.2, 0.25) is 0 Å². The molecule has 0 aliphatic carbocycles. The number of aromatic nitrogens is 8. The van der Waals surface area contributed by atoms with Crippen LogP contribution in [0.1, 0.15) is 272 Å². The highest BCUT2D eigenvalue weighted by molar-refractivity contribution is 8.13. The first-order valence-electron chi connectivity index (χ1n) is 45.2. The summed E-state index contributed by atoms with van der Waals surface area (Å²) in [5.74, 6) is -2.03. The maximum absolute atomic E-state index is 12.7. The van der Waals surface area contributed by atoms with Gasteiger partial charge >= 0.3 is 46.9 Å². The maximum Gasteiger partial charge on any atom is 0.481 e. The summed E-state index contributed by atoms with van der Waals surface area (Å²) in [6.45, 7) is 5.65. The fraction of sp³-hybridized carbons (Fsp3) is 0.795. The quantitative estimate of drug-likeness (QED) is 0.0144. The Hall–Kier alpha value is -4.88. The minimum Gasteiger partial charge on any atom is -0.386 e. The smallest absolute Gasteiger partial charge is 0.386 e. The molecular weight excluding hydrogens is 1930 g/mol. The van der Waals surface area contributed by atoms with Crippen LogP contribution in [0.25, 0.3) is 22.3 Å². The summed E-state index contributed by atoms with van der Waals surface area (Å²) in [6, 6.07) is 0. The molecule has 2 aliphatic heterocycles. The molecule has 2 saturated heterocycles. The molecule has 2 aliphatic rings. The highest BCUT2D eigenvalue weighted by Crippen LogP contribution is 2.63. The van der Waals surface area contributed by atoms with E-state index in [9.17, 15) is 116 Å². The zero-order valence-electron chi connectivity index (χ0n) is 76.8. The van der Waals surface area contributed by atoms with E-state index in [-0.39, 0.29) is 83.2 Å². The van der Waals surface area contributed by atoms with Crippen LogP contribution in [-0.2, 0) is 101 Å². The Morgan fingerprint density at radius 3 is 1.01 bits per heavy atom. The van der Waals surface area contributed by atoms with Crippen molar-refractivity contribution in [2.24, 2.45) is 10.8 Å². The largest absolute Gasteiger partial charge is 0.481 e. The second kappa shape index (κ2) is 60.4. The average molecular weight is 2070 g/mol. The highest BCUT2D eigenvalue weighted by Gasteiger charge is 2.53. The fourth-order valence-corrected chi connectivity index (χ4v) is 21.1. The van der Waals surface area contributed by atoms with Gasteiger partial charge in [-0.2, -0.15) is 8.62 Å². The van der Waals surface area contributed by atoms with Gasteiger partial charge in [-0.3, -0.25) is 65.0 Å². The van der Waals surface area contributed by atoms with E-state index in [1.54, 1.807) is 0 Å². The Balaban J connectivity index is 0.000000474. The van der Waals surface area contributed by atoms with E-state index in [0.717, 1.165) is 96.5 Å². The predicted molar refractivity (Wildman–Crippen MR) is 493 cm³/mol. The fourth-order valence-electron chi connectivity index (χ4n) is 14.0. The number of carbonyl (C=O) groups excluding carboxylic acids is 6. The molecule has 48 nitrogen and oxygen atoms in total. The number of nitrogens with zero attached hydrogens (tertiary/aromatic N) is 8. The van der Waals surface area contributed by atoms with Crippen molar-refractivity contribution in [1.29, 1.82) is 0 Å². The van der Waals surface area contributed by atoms with E-state index in [0.29, 0.717) is 24.3 Å². The van der Waals surface area contributed by atoms with Crippen molar-refractivity contribution in [2.45, 2.75) is 321 Å². The minimum absolute atomic E-state index is 0.0340. The number of anilines is 2. The predicted octanol–water partition coefficient (Wildman–Crippen LogP) is 9.85. The number of unbranched alkanes of at least 4 members (excludes halogenated alkanes) is 28. The third kappa shape index (κ3) is 46.2. The Bertz CT molecular complexity index is 4270. The Morgan fingerprint density at radius 2 is 0.716 bits per heavy atom. The van der Waals surface area contributed by atoms with E-state index in [4.69, 9.17) is 39.0 Å². The number of nitrogens with one attached hydrogen (secondary N) is 4. The van der Waals surface area contributed by atoms with Crippen LogP contribution in [0.4, 0.5) is 11.6 Å². The van der Waals surface area contributed by atoms with E-state index >= 15 is 0 Å². The van der Waals surface area contributed by atoms with Crippen LogP contribution in [0.5, 0.6) is 0 Å². The van der Waals surface area contributed by atoms with Gasteiger partial charge in [0, 0.05) is 74.2 Å². The zero-order chi connectivity index (χ0) is 99.4. The van der Waals surface area contributed by atoms with Gasteiger partial charge < -0.3 is 102 Å². The highest BCUT2D eigenvalue weighted by atomic mass is 32.2. The summed E-state index contributed by atoms with van der Waals surface area (Å²) in [7, 11) is -32.8. The summed E-state index contributed by atoms with van der Waals surface area (Å²) < 4.78 is 125. The van der Waals surface area contributed by atoms with Crippen molar-refractivity contribution in [1.82, 2.24) is 60.3 Å². The van der Waals surface area contributed by atoms with Gasteiger partial charge in [0.2, 0.25) is 23.6 Å². The van der Waals surface area contributed by atoms with Crippen molar-refractivity contribution < 1.29 is 161 Å². The van der Waals surface area contributed by atoms with Crippen LogP contribution in [0.15, 0.2) is 25.3 Å². The van der Waals surface area contributed by atoms with E-state index < -0.39 is 169 Å². The lowest BCUT2D eigenvalue weighted by molar-refractivity contribution is -0.137. The number of carbonyl (C=O) groups is 6. The van der Waals surface area contributed by atoms with Crippen molar-refractivity contribution in [3.05, 3.63) is 25.3 Å². The first-order chi connectivity index (χ1) is 63.1. The molecule has 0 aromatic carbocycles. The van der Waals surface area contributed by atoms with Gasteiger partial charge in [0.25, 0.3) is 0 Å². The van der Waals surface area contributed by atoms with Crippen LogP contribution < -0.4 is 32.7 Å². The van der Waals surface area contributed by atoms with Gasteiger partial charge in [-0.25, -0.2) is 57.3 Å². The van der Waals surface area contributed by atoms with Crippen molar-refractivity contribution in [3.63, 3.8) is 0 Å². The molecule has 0 spiro atoms. The lowest BCUT2D eigenvalue weighted by Gasteiger charge is -2.30. The number of fused-ring (bicyclic) bond motifs is 2. The molecule has 134 heavy (non-hydrogen) atoms. The van der Waals surface area contributed by atoms with Crippen LogP contribution in [0, 0.1) is 10.8 Å². The summed E-state index contributed by atoms with van der Waals surface area (Å²) in [6.07, 6.45) is 24.7. The summed E-state index contributed by atoms with van der Waals surface area (Å²) in [5.41, 5.74) is 8.58. The molecule has 4 aromatic heterocycles. The van der Waals surface area contributed by atoms with Gasteiger partial charge in [0.15, 0.2) is 45.6 Å². The first kappa shape index (κ1) is 120. The number of hydrogen-bond acceptors (Lipinski definition) is 36. The van der Waals surface area contributed by atoms with E-state index in [1.165, 1.54) is 182 Å². The summed E-state index contributed by atoms with van der Waals surface area (Å²) >= 11 is 2.31. The molecule has 6 rings (SSSR count). The molecule has 14 atom stereocenters. The van der Waals surface area contributed by atoms with Crippen molar-refractivity contribution in [3.8, 4) is 0 Å². The summed E-state index contributed by atoms with van der Waals surface area (Å²) in [4.78, 5) is 177. The second-order valence-electron chi connectivity index (χ2n) is 34.0. The number of amides is 4. The van der Waals surface area contributed by atoms with Gasteiger partial charge in [0.1, 0.15) is 72.5 Å². The Kier molecular flexibility index (Phi) is 53.9. The van der Waals surface area contributed by atoms with Gasteiger partial charge in [-0.05, 0) is 12.8 Å². The average Bonchev–Trinajstić information content (AvgIpc) is 1.62. The molecule has 4 unspecified atom stereocenters. The lowest BCUT2D eigenvalue weighted by Crippen LogP contribution is -2.46.